The Hall–Kier alpha value is -3.35. The molecule has 0 aliphatic heterocycles. The summed E-state index contributed by atoms with van der Waals surface area (Å²) in [5, 5.41) is 4.14. The quantitative estimate of drug-likeness (QED) is 0.567. The van der Waals surface area contributed by atoms with Crippen LogP contribution in [0.4, 0.5) is 4.39 Å². The van der Waals surface area contributed by atoms with E-state index >= 15 is 0 Å². The molecule has 0 saturated carbocycles. The minimum Gasteiger partial charge on any atom is -0.350 e. The van der Waals surface area contributed by atoms with Crippen LogP contribution >= 0.6 is 0 Å². The van der Waals surface area contributed by atoms with E-state index in [1.54, 1.807) is 48.4 Å². The van der Waals surface area contributed by atoms with Crippen LogP contribution in [0.1, 0.15) is 0 Å². The molecule has 0 atom stereocenters. The predicted octanol–water partition coefficient (Wildman–Crippen LogP) is 2.79. The van der Waals surface area contributed by atoms with Gasteiger partial charge in [0, 0.05) is 36.6 Å². The van der Waals surface area contributed by atoms with Crippen LogP contribution in [0.25, 0.3) is 33.7 Å². The molecule has 118 valence electrons. The summed E-state index contributed by atoms with van der Waals surface area (Å²) in [6.45, 7) is 0. The van der Waals surface area contributed by atoms with Crippen molar-refractivity contribution in [3.63, 3.8) is 0 Å². The highest BCUT2D eigenvalue weighted by Gasteiger charge is 2.17. The maximum absolute atomic E-state index is 13.5. The van der Waals surface area contributed by atoms with Crippen LogP contribution in [0, 0.1) is 5.82 Å². The van der Waals surface area contributed by atoms with Gasteiger partial charge in [-0.15, -0.1) is 0 Å². The molecule has 7 heteroatoms. The van der Waals surface area contributed by atoms with Crippen molar-refractivity contribution in [2.75, 3.05) is 0 Å². The summed E-state index contributed by atoms with van der Waals surface area (Å²) in [5.41, 5.74) is 1.16. The molecule has 4 rings (SSSR count). The standard InChI is InChI=1S/C17H11FN4O2/c1-22-9-13(15(23)12-7-11(18)4-5-14(12)22)17-20-16(21-24-17)10-3-2-6-19-8-10/h2-9H,1H3. The molecule has 0 unspecified atom stereocenters. The zero-order chi connectivity index (χ0) is 16.7. The van der Waals surface area contributed by atoms with E-state index in [0.29, 0.717) is 16.9 Å². The summed E-state index contributed by atoms with van der Waals surface area (Å²) in [6.07, 6.45) is 4.84. The van der Waals surface area contributed by atoms with Crippen molar-refractivity contribution >= 4 is 10.9 Å². The molecule has 0 spiro atoms. The molecular formula is C17H11FN4O2. The van der Waals surface area contributed by atoms with Gasteiger partial charge >= 0.3 is 0 Å². The zero-order valence-electron chi connectivity index (χ0n) is 12.6. The molecule has 0 saturated heterocycles. The molecule has 4 aromatic rings. The Morgan fingerprint density at radius 3 is 2.92 bits per heavy atom. The third-order valence-electron chi connectivity index (χ3n) is 3.73. The highest BCUT2D eigenvalue weighted by molar-refractivity contribution is 5.82. The van der Waals surface area contributed by atoms with E-state index in [2.05, 4.69) is 15.1 Å². The first-order valence-electron chi connectivity index (χ1n) is 7.17. The second-order valence-corrected chi connectivity index (χ2v) is 5.31. The number of benzene rings is 1. The lowest BCUT2D eigenvalue weighted by atomic mass is 10.1. The summed E-state index contributed by atoms with van der Waals surface area (Å²) in [7, 11) is 1.77. The van der Waals surface area contributed by atoms with E-state index in [9.17, 15) is 9.18 Å². The fourth-order valence-electron chi connectivity index (χ4n) is 2.56. The van der Waals surface area contributed by atoms with E-state index in [1.807, 2.05) is 0 Å². The minimum atomic E-state index is -0.474. The van der Waals surface area contributed by atoms with Crippen molar-refractivity contribution in [2.24, 2.45) is 7.05 Å². The normalized spacial score (nSPS) is 11.1. The SMILES string of the molecule is Cn1cc(-c2nc(-c3cccnc3)no2)c(=O)c2cc(F)ccc21. The van der Waals surface area contributed by atoms with Gasteiger partial charge in [0.25, 0.3) is 5.89 Å². The van der Waals surface area contributed by atoms with Crippen molar-refractivity contribution in [3.8, 4) is 22.8 Å². The van der Waals surface area contributed by atoms with Gasteiger partial charge in [-0.3, -0.25) is 9.78 Å². The third kappa shape index (κ3) is 2.26. The van der Waals surface area contributed by atoms with Crippen LogP contribution in [0.3, 0.4) is 0 Å². The molecule has 1 aromatic carbocycles. The van der Waals surface area contributed by atoms with Crippen LogP contribution in [-0.4, -0.2) is 19.7 Å². The Morgan fingerprint density at radius 1 is 1.25 bits per heavy atom. The van der Waals surface area contributed by atoms with Crippen molar-refractivity contribution in [1.29, 1.82) is 0 Å². The molecule has 3 aromatic heterocycles. The molecule has 0 aliphatic carbocycles. The maximum Gasteiger partial charge on any atom is 0.263 e. The number of hydrogen-bond acceptors (Lipinski definition) is 5. The number of hydrogen-bond donors (Lipinski definition) is 0. The Kier molecular flexibility index (Phi) is 3.19. The van der Waals surface area contributed by atoms with Crippen LogP contribution in [-0.2, 0) is 7.05 Å². The molecule has 0 radical (unpaired) electrons. The fourth-order valence-corrected chi connectivity index (χ4v) is 2.56. The minimum absolute atomic E-state index is 0.0839. The highest BCUT2D eigenvalue weighted by atomic mass is 19.1. The third-order valence-corrected chi connectivity index (χ3v) is 3.73. The number of rotatable bonds is 2. The predicted molar refractivity (Wildman–Crippen MR) is 85.7 cm³/mol. The van der Waals surface area contributed by atoms with E-state index in [0.717, 1.165) is 0 Å². The van der Waals surface area contributed by atoms with Gasteiger partial charge in [0.1, 0.15) is 11.4 Å². The highest BCUT2D eigenvalue weighted by Crippen LogP contribution is 2.21. The second kappa shape index (κ2) is 5.38. The lowest BCUT2D eigenvalue weighted by Gasteiger charge is -2.06. The van der Waals surface area contributed by atoms with Crippen molar-refractivity contribution < 1.29 is 8.91 Å². The van der Waals surface area contributed by atoms with Gasteiger partial charge in [0.05, 0.1) is 5.52 Å². The van der Waals surface area contributed by atoms with Gasteiger partial charge in [0.15, 0.2) is 0 Å². The molecule has 6 nitrogen and oxygen atoms in total. The fraction of sp³-hybridized carbons (Fsp3) is 0.0588. The van der Waals surface area contributed by atoms with Crippen LogP contribution in [0.2, 0.25) is 0 Å². The molecule has 0 aliphatic rings. The maximum atomic E-state index is 13.5. The smallest absolute Gasteiger partial charge is 0.263 e. The summed E-state index contributed by atoms with van der Waals surface area (Å²) in [6, 6.07) is 7.62. The van der Waals surface area contributed by atoms with Gasteiger partial charge in [-0.2, -0.15) is 4.98 Å². The lowest BCUT2D eigenvalue weighted by Crippen LogP contribution is -2.10. The zero-order valence-corrected chi connectivity index (χ0v) is 12.6. The average Bonchev–Trinajstić information content (AvgIpc) is 3.08. The van der Waals surface area contributed by atoms with Gasteiger partial charge in [-0.1, -0.05) is 5.16 Å². The number of aromatic nitrogens is 4. The Balaban J connectivity index is 1.90. The number of pyridine rings is 2. The largest absolute Gasteiger partial charge is 0.350 e. The topological polar surface area (TPSA) is 73.8 Å². The molecular weight excluding hydrogens is 311 g/mol. The average molecular weight is 322 g/mol. The first-order chi connectivity index (χ1) is 11.6. The summed E-state index contributed by atoms with van der Waals surface area (Å²) in [4.78, 5) is 20.9. The van der Waals surface area contributed by atoms with Gasteiger partial charge in [-0.25, -0.2) is 4.39 Å². The Labute approximate surface area is 135 Å². The molecule has 0 bridgehead atoms. The number of nitrogens with zero attached hydrogens (tertiary/aromatic N) is 4. The molecule has 0 fully saturated rings. The van der Waals surface area contributed by atoms with Crippen LogP contribution < -0.4 is 5.43 Å². The van der Waals surface area contributed by atoms with Gasteiger partial charge < -0.3 is 9.09 Å². The summed E-state index contributed by atoms with van der Waals surface area (Å²) < 4.78 is 20.4. The van der Waals surface area contributed by atoms with Crippen molar-refractivity contribution in [3.05, 3.63) is 65.0 Å². The molecule has 24 heavy (non-hydrogen) atoms. The monoisotopic (exact) mass is 322 g/mol. The van der Waals surface area contributed by atoms with Gasteiger partial charge in [-0.05, 0) is 30.3 Å². The summed E-state index contributed by atoms with van der Waals surface area (Å²) in [5.74, 6) is -0.0570. The molecule has 0 N–H and O–H groups in total. The molecule has 3 heterocycles. The summed E-state index contributed by atoms with van der Waals surface area (Å²) >= 11 is 0. The Bertz CT molecular complexity index is 1100. The van der Waals surface area contributed by atoms with Gasteiger partial charge in [0.2, 0.25) is 11.3 Å². The number of fused-ring (bicyclic) bond motifs is 1. The lowest BCUT2D eigenvalue weighted by molar-refractivity contribution is 0.432. The van der Waals surface area contributed by atoms with Crippen LogP contribution in [0.15, 0.2) is 58.2 Å². The molecule has 0 amide bonds. The van der Waals surface area contributed by atoms with E-state index in [1.165, 1.54) is 12.1 Å². The van der Waals surface area contributed by atoms with E-state index in [-0.39, 0.29) is 22.3 Å². The second-order valence-electron chi connectivity index (χ2n) is 5.31. The van der Waals surface area contributed by atoms with Crippen molar-refractivity contribution in [1.82, 2.24) is 19.7 Å². The number of aryl methyl sites for hydroxylation is 1. The first kappa shape index (κ1) is 14.3. The van der Waals surface area contributed by atoms with E-state index < -0.39 is 5.82 Å². The number of halogens is 1. The first-order valence-corrected chi connectivity index (χ1v) is 7.17. The van der Waals surface area contributed by atoms with E-state index in [4.69, 9.17) is 4.52 Å². The van der Waals surface area contributed by atoms with Crippen molar-refractivity contribution in [2.45, 2.75) is 0 Å². The Morgan fingerprint density at radius 2 is 2.12 bits per heavy atom. The van der Waals surface area contributed by atoms with Crippen LogP contribution in [0.5, 0.6) is 0 Å².